The molecule has 2 nitrogen and oxygen atoms in total. The van der Waals surface area contributed by atoms with Crippen LogP contribution in [0.4, 0.5) is 4.39 Å². The molecule has 13 heavy (non-hydrogen) atoms. The van der Waals surface area contributed by atoms with E-state index in [1.165, 1.54) is 6.07 Å². The molecule has 0 N–H and O–H groups in total. The van der Waals surface area contributed by atoms with Crippen molar-refractivity contribution in [3.63, 3.8) is 0 Å². The summed E-state index contributed by atoms with van der Waals surface area (Å²) in [6.45, 7) is 2.21. The Hall–Kier alpha value is -0.770. The van der Waals surface area contributed by atoms with Gasteiger partial charge in [0.25, 0.3) is 0 Å². The lowest BCUT2D eigenvalue weighted by molar-refractivity contribution is 0.291. The van der Waals surface area contributed by atoms with E-state index in [4.69, 9.17) is 9.47 Å². The topological polar surface area (TPSA) is 18.5 Å². The van der Waals surface area contributed by atoms with Crippen molar-refractivity contribution in [2.45, 2.75) is 6.92 Å². The predicted molar refractivity (Wildman–Crippen MR) is 52.0 cm³/mol. The third-order valence-corrected chi connectivity index (χ3v) is 1.66. The van der Waals surface area contributed by atoms with Gasteiger partial charge in [-0.3, -0.25) is 0 Å². The quantitative estimate of drug-likeness (QED) is 0.764. The van der Waals surface area contributed by atoms with E-state index in [1.54, 1.807) is 19.1 Å². The maximum Gasteiger partial charge on any atom is 0.197 e. The van der Waals surface area contributed by atoms with Crippen LogP contribution >= 0.6 is 15.9 Å². The number of rotatable bonds is 4. The van der Waals surface area contributed by atoms with Gasteiger partial charge in [-0.05, 0) is 35.0 Å². The van der Waals surface area contributed by atoms with Crippen LogP contribution in [-0.4, -0.2) is 12.1 Å². The normalized spacial score (nSPS) is 9.77. The number of halogens is 2. The van der Waals surface area contributed by atoms with Crippen LogP contribution in [0.3, 0.4) is 0 Å². The zero-order valence-electron chi connectivity index (χ0n) is 7.22. The highest BCUT2D eigenvalue weighted by Crippen LogP contribution is 2.30. The lowest BCUT2D eigenvalue weighted by atomic mass is 10.3. The van der Waals surface area contributed by atoms with Crippen LogP contribution in [0.2, 0.25) is 0 Å². The Labute approximate surface area is 84.8 Å². The van der Waals surface area contributed by atoms with Crippen LogP contribution in [-0.2, 0) is 0 Å². The fourth-order valence-electron chi connectivity index (χ4n) is 0.946. The molecular weight excluding hydrogens is 239 g/mol. The van der Waals surface area contributed by atoms with E-state index in [9.17, 15) is 4.39 Å². The summed E-state index contributed by atoms with van der Waals surface area (Å²) in [7, 11) is 0. The van der Waals surface area contributed by atoms with Gasteiger partial charge in [0.05, 0.1) is 6.61 Å². The van der Waals surface area contributed by atoms with Crippen LogP contribution in [0.25, 0.3) is 0 Å². The molecule has 1 rings (SSSR count). The Morgan fingerprint density at radius 2 is 2.15 bits per heavy atom. The molecule has 0 spiro atoms. The molecule has 0 aliphatic heterocycles. The van der Waals surface area contributed by atoms with Crippen molar-refractivity contribution in [2.75, 3.05) is 12.1 Å². The first-order chi connectivity index (χ1) is 6.29. The summed E-state index contributed by atoms with van der Waals surface area (Å²) in [6, 6.07) is 4.58. The molecule has 0 radical (unpaired) electrons. The van der Waals surface area contributed by atoms with Crippen molar-refractivity contribution < 1.29 is 13.9 Å². The summed E-state index contributed by atoms with van der Waals surface area (Å²) in [5.41, 5.74) is 0.316. The molecule has 0 unspecified atom stereocenters. The zero-order chi connectivity index (χ0) is 9.68. The summed E-state index contributed by atoms with van der Waals surface area (Å²) in [5, 5.41) is 0. The minimum absolute atomic E-state index is 0.171. The molecule has 0 saturated heterocycles. The second-order valence-corrected chi connectivity index (χ2v) is 2.71. The fourth-order valence-corrected chi connectivity index (χ4v) is 1.19. The van der Waals surface area contributed by atoms with Crippen molar-refractivity contribution in [1.82, 2.24) is 0 Å². The van der Waals surface area contributed by atoms with Crippen LogP contribution < -0.4 is 9.47 Å². The van der Waals surface area contributed by atoms with Gasteiger partial charge < -0.3 is 9.47 Å². The Morgan fingerprint density at radius 3 is 2.77 bits per heavy atom. The summed E-state index contributed by atoms with van der Waals surface area (Å²) in [4.78, 5) is 0. The Bertz CT molecular complexity index is 278. The SMILES string of the molecule is CCOc1c(F)cccc1OCBr. The van der Waals surface area contributed by atoms with Gasteiger partial charge in [0.15, 0.2) is 17.3 Å². The molecule has 0 aliphatic rings. The third-order valence-electron chi connectivity index (χ3n) is 1.43. The van der Waals surface area contributed by atoms with E-state index in [-0.39, 0.29) is 5.75 Å². The van der Waals surface area contributed by atoms with Crippen molar-refractivity contribution in [1.29, 1.82) is 0 Å². The molecule has 1 aromatic rings. The number of hydrogen-bond acceptors (Lipinski definition) is 2. The van der Waals surface area contributed by atoms with Gasteiger partial charge in [0.2, 0.25) is 0 Å². The number of hydrogen-bond donors (Lipinski definition) is 0. The van der Waals surface area contributed by atoms with E-state index < -0.39 is 5.82 Å². The molecule has 0 aromatic heterocycles. The van der Waals surface area contributed by atoms with Crippen molar-refractivity contribution >= 4 is 15.9 Å². The first-order valence-corrected chi connectivity index (χ1v) is 5.01. The molecule has 0 atom stereocenters. The average Bonchev–Trinajstić information content (AvgIpc) is 2.11. The monoisotopic (exact) mass is 248 g/mol. The molecule has 0 heterocycles. The van der Waals surface area contributed by atoms with E-state index in [0.29, 0.717) is 17.9 Å². The van der Waals surface area contributed by atoms with Crippen molar-refractivity contribution in [2.24, 2.45) is 0 Å². The smallest absolute Gasteiger partial charge is 0.197 e. The lowest BCUT2D eigenvalue weighted by Gasteiger charge is -2.10. The first-order valence-electron chi connectivity index (χ1n) is 3.89. The van der Waals surface area contributed by atoms with Gasteiger partial charge in [-0.2, -0.15) is 0 Å². The molecule has 0 fully saturated rings. The molecule has 1 aromatic carbocycles. The number of ether oxygens (including phenoxy) is 2. The van der Waals surface area contributed by atoms with Gasteiger partial charge in [0.1, 0.15) is 5.52 Å². The van der Waals surface area contributed by atoms with E-state index in [2.05, 4.69) is 15.9 Å². The van der Waals surface area contributed by atoms with Gasteiger partial charge in [-0.1, -0.05) is 6.07 Å². The standard InChI is InChI=1S/C9H10BrFO2/c1-2-12-9-7(11)4-3-5-8(9)13-6-10/h3-5H,2,6H2,1H3. The van der Waals surface area contributed by atoms with Crippen molar-refractivity contribution in [3.8, 4) is 11.5 Å². The highest BCUT2D eigenvalue weighted by molar-refractivity contribution is 9.09. The van der Waals surface area contributed by atoms with Gasteiger partial charge in [-0.15, -0.1) is 0 Å². The maximum atomic E-state index is 13.1. The molecule has 0 saturated carbocycles. The van der Waals surface area contributed by atoms with Gasteiger partial charge in [-0.25, -0.2) is 4.39 Å². The summed E-state index contributed by atoms with van der Waals surface area (Å²) >= 11 is 3.10. The Kier molecular flexibility index (Phi) is 4.02. The van der Waals surface area contributed by atoms with E-state index >= 15 is 0 Å². The fraction of sp³-hybridized carbons (Fsp3) is 0.333. The minimum atomic E-state index is -0.402. The first kappa shape index (κ1) is 10.3. The van der Waals surface area contributed by atoms with Crippen LogP contribution in [0.5, 0.6) is 11.5 Å². The van der Waals surface area contributed by atoms with Crippen LogP contribution in [0, 0.1) is 5.82 Å². The third kappa shape index (κ3) is 2.59. The van der Waals surface area contributed by atoms with Crippen LogP contribution in [0.15, 0.2) is 18.2 Å². The lowest BCUT2D eigenvalue weighted by Crippen LogP contribution is -1.99. The maximum absolute atomic E-state index is 13.1. The molecule has 4 heteroatoms. The second-order valence-electron chi connectivity index (χ2n) is 2.25. The van der Waals surface area contributed by atoms with Gasteiger partial charge >= 0.3 is 0 Å². The second kappa shape index (κ2) is 5.07. The highest BCUT2D eigenvalue weighted by atomic mass is 79.9. The van der Waals surface area contributed by atoms with Crippen LogP contribution in [0.1, 0.15) is 6.92 Å². The number of para-hydroxylation sites is 1. The van der Waals surface area contributed by atoms with E-state index in [0.717, 1.165) is 0 Å². The Morgan fingerprint density at radius 1 is 1.38 bits per heavy atom. The summed E-state index contributed by atoms with van der Waals surface area (Å²) in [5.74, 6) is 0.184. The number of benzene rings is 1. The molecule has 0 bridgehead atoms. The predicted octanol–water partition coefficient (Wildman–Crippen LogP) is 2.96. The molecule has 0 aliphatic carbocycles. The summed E-state index contributed by atoms with van der Waals surface area (Å²) < 4.78 is 23.4. The molecule has 0 amide bonds. The zero-order valence-corrected chi connectivity index (χ0v) is 8.80. The number of alkyl halides is 1. The average molecular weight is 249 g/mol. The largest absolute Gasteiger partial charge is 0.487 e. The summed E-state index contributed by atoms with van der Waals surface area (Å²) in [6.07, 6.45) is 0. The molecule has 72 valence electrons. The highest BCUT2D eigenvalue weighted by Gasteiger charge is 2.09. The molecular formula is C9H10BrFO2. The Balaban J connectivity index is 2.95. The minimum Gasteiger partial charge on any atom is -0.487 e. The van der Waals surface area contributed by atoms with E-state index in [1.807, 2.05) is 0 Å². The van der Waals surface area contributed by atoms with Crippen molar-refractivity contribution in [3.05, 3.63) is 24.0 Å². The van der Waals surface area contributed by atoms with Gasteiger partial charge in [0, 0.05) is 0 Å².